The van der Waals surface area contributed by atoms with Gasteiger partial charge in [-0.05, 0) is 106 Å². The molecule has 3 atom stereocenters. The van der Waals surface area contributed by atoms with Crippen LogP contribution < -0.4 is 5.14 Å². The molecule has 3 aromatic carbocycles. The maximum absolute atomic E-state index is 14.6. The second kappa shape index (κ2) is 12.5. The summed E-state index contributed by atoms with van der Waals surface area (Å²) in [7, 11) is -4.15. The summed E-state index contributed by atoms with van der Waals surface area (Å²) in [6.45, 7) is 3.84. The first-order valence-corrected chi connectivity index (χ1v) is 18.5. The summed E-state index contributed by atoms with van der Waals surface area (Å²) in [6.07, 6.45) is 6.63. The number of nitrogens with zero attached hydrogens (tertiary/aromatic N) is 4. The van der Waals surface area contributed by atoms with Gasteiger partial charge in [-0.15, -0.1) is 0 Å². The van der Waals surface area contributed by atoms with Crippen molar-refractivity contribution < 1.29 is 17.6 Å². The van der Waals surface area contributed by atoms with Gasteiger partial charge >= 0.3 is 0 Å². The molecule has 12 heteroatoms. The molecule has 3 aliphatic rings. The molecule has 0 radical (unpaired) electrons. The Hall–Kier alpha value is -3.02. The molecule has 4 heterocycles. The smallest absolute Gasteiger partial charge is 0.255 e. The topological polar surface area (TPSA) is 102 Å². The molecule has 1 amide bonds. The fourth-order valence-electron chi connectivity index (χ4n) is 8.51. The molecule has 3 saturated heterocycles. The van der Waals surface area contributed by atoms with Crippen molar-refractivity contribution in [3.63, 3.8) is 0 Å². The predicted octanol–water partition coefficient (Wildman–Crippen LogP) is 6.87. The van der Waals surface area contributed by atoms with E-state index in [4.69, 9.17) is 33.3 Å². The Balaban J connectivity index is 1.09. The highest BCUT2D eigenvalue weighted by Crippen LogP contribution is 2.45. The van der Waals surface area contributed by atoms with Gasteiger partial charge in [-0.1, -0.05) is 47.5 Å². The number of hydrogen-bond donors (Lipinski definition) is 1. The summed E-state index contributed by atoms with van der Waals surface area (Å²) >= 11 is 12.4. The molecule has 0 saturated carbocycles. The summed E-state index contributed by atoms with van der Waals surface area (Å²) in [5.74, 6) is 0.413. The normalized spacial score (nSPS) is 23.0. The molecule has 7 rings (SSSR count). The van der Waals surface area contributed by atoms with Crippen LogP contribution in [0.1, 0.15) is 72.7 Å². The van der Waals surface area contributed by atoms with E-state index in [-0.39, 0.29) is 37.6 Å². The van der Waals surface area contributed by atoms with E-state index in [1.807, 2.05) is 12.1 Å². The van der Waals surface area contributed by atoms with E-state index in [9.17, 15) is 17.6 Å². The summed E-state index contributed by atoms with van der Waals surface area (Å²) in [6, 6.07) is 19.0. The van der Waals surface area contributed by atoms with Gasteiger partial charge in [-0.25, -0.2) is 22.9 Å². The summed E-state index contributed by atoms with van der Waals surface area (Å²) in [5.41, 5.74) is 2.92. The van der Waals surface area contributed by atoms with Crippen molar-refractivity contribution in [3.8, 4) is 0 Å². The number of carbonyl (C=O) groups is 1. The van der Waals surface area contributed by atoms with Crippen LogP contribution in [0.3, 0.4) is 0 Å². The van der Waals surface area contributed by atoms with Crippen molar-refractivity contribution >= 4 is 50.2 Å². The van der Waals surface area contributed by atoms with Gasteiger partial charge in [0.15, 0.2) is 0 Å². The lowest BCUT2D eigenvalue weighted by Crippen LogP contribution is -2.49. The van der Waals surface area contributed by atoms with Crippen LogP contribution in [-0.4, -0.2) is 65.4 Å². The fourth-order valence-corrected chi connectivity index (χ4v) is 9.91. The summed E-state index contributed by atoms with van der Waals surface area (Å²) in [4.78, 5) is 22.5. The van der Waals surface area contributed by atoms with E-state index in [0.29, 0.717) is 44.1 Å². The second-order valence-corrected chi connectivity index (χ2v) is 15.8. The maximum Gasteiger partial charge on any atom is 0.255 e. The van der Waals surface area contributed by atoms with Gasteiger partial charge < -0.3 is 9.47 Å². The minimum atomic E-state index is -4.15. The number of aryl methyl sites for hydroxylation is 1. The first kappa shape index (κ1) is 32.5. The van der Waals surface area contributed by atoms with Crippen molar-refractivity contribution in [2.75, 3.05) is 19.6 Å². The number of amides is 1. The van der Waals surface area contributed by atoms with Crippen LogP contribution in [0.2, 0.25) is 10.0 Å². The Kier molecular flexibility index (Phi) is 8.62. The van der Waals surface area contributed by atoms with Crippen molar-refractivity contribution in [3.05, 3.63) is 93.5 Å². The van der Waals surface area contributed by atoms with Crippen molar-refractivity contribution in [2.24, 2.45) is 5.14 Å². The number of likely N-dealkylation sites (tertiary alicyclic amines) is 1. The van der Waals surface area contributed by atoms with Gasteiger partial charge in [-0.2, -0.15) is 0 Å². The molecule has 8 nitrogen and oxygen atoms in total. The molecule has 0 aliphatic carbocycles. The Morgan fingerprint density at radius 3 is 2.36 bits per heavy atom. The number of halogens is 3. The van der Waals surface area contributed by atoms with Crippen molar-refractivity contribution in [1.82, 2.24) is 19.4 Å². The Morgan fingerprint density at radius 2 is 1.68 bits per heavy atom. The molecule has 1 unspecified atom stereocenters. The van der Waals surface area contributed by atoms with E-state index in [2.05, 4.69) is 34.6 Å². The van der Waals surface area contributed by atoms with Crippen LogP contribution in [0, 0.1) is 12.7 Å². The second-order valence-electron chi connectivity index (χ2n) is 13.4. The molecule has 248 valence electrons. The number of imidazole rings is 1. The standard InChI is InChI=1S/C35H38Cl2FN5O3S/c1-22-40-31-7-2-3-8-32(31)43(22)27-18-25-9-10-26(19-27)42(25)16-13-35(23-5-4-6-24(38)17-23)11-14-41(15-12-35)34(44)28-20-33(47(39,45)46)30(37)21-29(28)36/h2-8,17,20-21,25-27H,9-16,18-19H2,1H3,(H2,39,45,46)/t25-,26+,27?. The largest absolute Gasteiger partial charge is 0.339 e. The summed E-state index contributed by atoms with van der Waals surface area (Å²) in [5, 5.41) is 5.26. The van der Waals surface area contributed by atoms with Gasteiger partial charge in [0.05, 0.1) is 26.6 Å². The lowest BCUT2D eigenvalue weighted by atomic mass is 9.70. The molecular weight excluding hydrogens is 660 g/mol. The molecule has 2 bridgehead atoms. The van der Waals surface area contributed by atoms with Crippen LogP contribution in [-0.2, 0) is 15.4 Å². The van der Waals surface area contributed by atoms with Crippen LogP contribution >= 0.6 is 23.2 Å². The quantitative estimate of drug-likeness (QED) is 0.227. The third-order valence-corrected chi connectivity index (χ3v) is 12.5. The molecule has 47 heavy (non-hydrogen) atoms. The number of carbonyl (C=O) groups excluding carboxylic acids is 1. The number of rotatable bonds is 7. The Labute approximate surface area is 284 Å². The molecule has 2 N–H and O–H groups in total. The van der Waals surface area contributed by atoms with Gasteiger partial charge in [0.25, 0.3) is 5.91 Å². The van der Waals surface area contributed by atoms with Gasteiger partial charge in [0, 0.05) is 31.2 Å². The van der Waals surface area contributed by atoms with Gasteiger partial charge in [-0.3, -0.25) is 9.69 Å². The lowest BCUT2D eigenvalue weighted by molar-refractivity contribution is 0.0606. The Morgan fingerprint density at radius 1 is 0.979 bits per heavy atom. The number of nitrogens with two attached hydrogens (primary N) is 1. The number of aromatic nitrogens is 2. The highest BCUT2D eigenvalue weighted by molar-refractivity contribution is 7.89. The number of sulfonamides is 1. The molecule has 3 fully saturated rings. The predicted molar refractivity (Wildman–Crippen MR) is 182 cm³/mol. The van der Waals surface area contributed by atoms with E-state index >= 15 is 0 Å². The lowest BCUT2D eigenvalue weighted by Gasteiger charge is -2.45. The van der Waals surface area contributed by atoms with Crippen LogP contribution in [0.25, 0.3) is 11.0 Å². The average Bonchev–Trinajstić information content (AvgIpc) is 3.49. The number of piperidine rings is 2. The zero-order valence-electron chi connectivity index (χ0n) is 26.2. The molecule has 0 spiro atoms. The average molecular weight is 699 g/mol. The number of benzene rings is 3. The van der Waals surface area contributed by atoms with E-state index in [0.717, 1.165) is 48.8 Å². The van der Waals surface area contributed by atoms with Crippen molar-refractivity contribution in [1.29, 1.82) is 0 Å². The number of fused-ring (bicyclic) bond motifs is 3. The molecular formula is C35H38Cl2FN5O3S. The van der Waals surface area contributed by atoms with Crippen molar-refractivity contribution in [2.45, 2.75) is 80.3 Å². The molecule has 3 aliphatic heterocycles. The van der Waals surface area contributed by atoms with Gasteiger partial charge in [0.1, 0.15) is 16.5 Å². The number of para-hydroxylation sites is 2. The highest BCUT2D eigenvalue weighted by Gasteiger charge is 2.44. The third kappa shape index (κ3) is 6.08. The summed E-state index contributed by atoms with van der Waals surface area (Å²) < 4.78 is 41.2. The van der Waals surface area contributed by atoms with Crippen LogP contribution in [0.15, 0.2) is 65.6 Å². The molecule has 4 aromatic rings. The van der Waals surface area contributed by atoms with E-state index in [1.165, 1.54) is 30.5 Å². The Bertz CT molecular complexity index is 1950. The van der Waals surface area contributed by atoms with E-state index < -0.39 is 10.0 Å². The first-order chi connectivity index (χ1) is 22.4. The van der Waals surface area contributed by atoms with Crippen LogP contribution in [0.4, 0.5) is 4.39 Å². The minimum Gasteiger partial charge on any atom is -0.339 e. The number of hydrogen-bond acceptors (Lipinski definition) is 5. The molecule has 1 aromatic heterocycles. The minimum absolute atomic E-state index is 0.0405. The fraction of sp³-hybridized carbons (Fsp3) is 0.429. The van der Waals surface area contributed by atoms with E-state index in [1.54, 1.807) is 17.0 Å². The monoisotopic (exact) mass is 697 g/mol. The zero-order valence-corrected chi connectivity index (χ0v) is 28.5. The number of primary sulfonamides is 1. The highest BCUT2D eigenvalue weighted by atomic mass is 35.5. The zero-order chi connectivity index (χ0) is 33.1. The SMILES string of the molecule is Cc1nc2ccccc2n1C1C[C@H]2CC[C@@H](C1)N2CCC1(c2cccc(F)c2)CCN(C(=O)c2cc(S(N)(=O)=O)c(Cl)cc2Cl)CC1. The van der Waals surface area contributed by atoms with Gasteiger partial charge in [0.2, 0.25) is 10.0 Å². The third-order valence-electron chi connectivity index (χ3n) is 10.8. The first-order valence-electron chi connectivity index (χ1n) is 16.2. The maximum atomic E-state index is 14.6. The van der Waals surface area contributed by atoms with Crippen LogP contribution in [0.5, 0.6) is 0 Å².